The van der Waals surface area contributed by atoms with E-state index in [0.717, 1.165) is 11.1 Å². The van der Waals surface area contributed by atoms with Crippen molar-refractivity contribution in [2.24, 2.45) is 0 Å². The number of nitrogens with zero attached hydrogens (tertiary/aromatic N) is 2. The van der Waals surface area contributed by atoms with Crippen molar-refractivity contribution in [2.75, 3.05) is 20.8 Å². The number of nitriles is 1. The number of allylic oxidation sites excluding steroid dienone is 1. The first-order valence-corrected chi connectivity index (χ1v) is 14.3. The van der Waals surface area contributed by atoms with Crippen LogP contribution in [-0.2, 0) is 20.4 Å². The molecule has 4 rings (SSSR count). The average Bonchev–Trinajstić information content (AvgIpc) is 3.28. The number of hydrogen-bond donors (Lipinski definition) is 0. The number of aryl methyl sites for hydroxylation is 1. The quantitative estimate of drug-likeness (QED) is 0.129. The molecule has 10 heteroatoms. The van der Waals surface area contributed by atoms with Crippen molar-refractivity contribution >= 4 is 52.5 Å². The molecule has 0 radical (unpaired) electrons. The summed E-state index contributed by atoms with van der Waals surface area (Å²) in [6, 6.07) is 17.1. The highest BCUT2D eigenvalue weighted by Gasteiger charge is 2.40. The van der Waals surface area contributed by atoms with Crippen LogP contribution in [0, 0.1) is 24.1 Å². The van der Waals surface area contributed by atoms with Crippen LogP contribution >= 0.6 is 19.0 Å². The lowest BCUT2D eigenvalue weighted by Crippen LogP contribution is -2.26. The largest absolute Gasteiger partial charge is 0.497 e. The minimum Gasteiger partial charge on any atom is -0.497 e. The van der Waals surface area contributed by atoms with E-state index in [0.29, 0.717) is 16.8 Å². The minimum absolute atomic E-state index is 0.0381. The zero-order chi connectivity index (χ0) is 29.0. The van der Waals surface area contributed by atoms with Crippen LogP contribution in [0.15, 0.2) is 60.7 Å². The van der Waals surface area contributed by atoms with Gasteiger partial charge in [0.15, 0.2) is 5.82 Å². The number of ether oxygens (including phenoxy) is 2. The molecule has 0 saturated heterocycles. The van der Waals surface area contributed by atoms with Crippen molar-refractivity contribution in [3.8, 4) is 11.8 Å². The first kappa shape index (κ1) is 29.1. The number of halogens is 2. The van der Waals surface area contributed by atoms with Gasteiger partial charge in [-0.25, -0.2) is 9.18 Å². The third-order valence-corrected chi connectivity index (χ3v) is 9.16. The first-order valence-electron chi connectivity index (χ1n) is 12.3. The molecule has 1 heterocycles. The molecule has 1 atom stereocenters. The Bertz CT molecular complexity index is 1710. The van der Waals surface area contributed by atoms with Gasteiger partial charge in [-0.1, -0.05) is 29.8 Å². The number of carbonyl (C=O) groups excluding carboxylic acids is 1. The summed E-state index contributed by atoms with van der Waals surface area (Å²) in [7, 11) is -1.35. The molecular weight excluding hydrogens is 554 g/mol. The maximum Gasteiger partial charge on any atom is 0.355 e. The van der Waals surface area contributed by atoms with Crippen molar-refractivity contribution in [2.45, 2.75) is 20.4 Å². The maximum atomic E-state index is 15.9. The van der Waals surface area contributed by atoms with Gasteiger partial charge in [0.2, 0.25) is 0 Å². The first-order chi connectivity index (χ1) is 19.2. The van der Waals surface area contributed by atoms with E-state index in [2.05, 4.69) is 0 Å². The van der Waals surface area contributed by atoms with Gasteiger partial charge in [-0.05, 0) is 73.0 Å². The molecule has 40 heavy (non-hydrogen) atoms. The number of fused-ring (bicyclic) bond motifs is 1. The van der Waals surface area contributed by atoms with Crippen LogP contribution in [-0.4, -0.2) is 31.4 Å². The summed E-state index contributed by atoms with van der Waals surface area (Å²) in [6.07, 6.45) is 2.85. The van der Waals surface area contributed by atoms with E-state index in [1.165, 1.54) is 19.3 Å². The van der Waals surface area contributed by atoms with Gasteiger partial charge in [0.05, 0.1) is 41.0 Å². The molecule has 0 amide bonds. The Morgan fingerprint density at radius 3 is 2.50 bits per heavy atom. The van der Waals surface area contributed by atoms with Crippen molar-refractivity contribution < 1.29 is 27.7 Å². The zero-order valence-corrected chi connectivity index (χ0v) is 24.1. The molecule has 0 bridgehead atoms. The third kappa shape index (κ3) is 5.41. The van der Waals surface area contributed by atoms with Crippen LogP contribution in [0.2, 0.25) is 5.02 Å². The van der Waals surface area contributed by atoms with Gasteiger partial charge < -0.3 is 18.6 Å². The number of benzene rings is 3. The lowest BCUT2D eigenvalue weighted by molar-refractivity contribution is 0.0516. The second kappa shape index (κ2) is 12.1. The van der Waals surface area contributed by atoms with Crippen LogP contribution in [0.3, 0.4) is 0 Å². The Labute approximate surface area is 236 Å². The minimum atomic E-state index is -4.15. The second-order valence-electron chi connectivity index (χ2n) is 8.91. The summed E-state index contributed by atoms with van der Waals surface area (Å²) < 4.78 is 48.8. The molecule has 0 fully saturated rings. The summed E-state index contributed by atoms with van der Waals surface area (Å²) in [6.45, 7) is 3.61. The Balaban J connectivity index is 2.11. The average molecular weight is 581 g/mol. The van der Waals surface area contributed by atoms with Gasteiger partial charge in [-0.15, -0.1) is 0 Å². The predicted octanol–water partition coefficient (Wildman–Crippen LogP) is 6.39. The molecular formula is C30H27ClFN2O5P. The molecule has 0 aliphatic heterocycles. The molecule has 3 aromatic carbocycles. The second-order valence-corrected chi connectivity index (χ2v) is 11.7. The Morgan fingerprint density at radius 1 is 1.15 bits per heavy atom. The van der Waals surface area contributed by atoms with E-state index in [4.69, 9.17) is 30.9 Å². The zero-order valence-electron chi connectivity index (χ0n) is 22.4. The number of carbonyl (C=O) groups is 1. The van der Waals surface area contributed by atoms with Crippen LogP contribution in [0.4, 0.5) is 4.39 Å². The third-order valence-electron chi connectivity index (χ3n) is 6.39. The summed E-state index contributed by atoms with van der Waals surface area (Å²) in [5.41, 5.74) is 2.29. The molecule has 4 aromatic rings. The number of methoxy groups -OCH3 is 1. The number of aromatic nitrogens is 1. The Morgan fingerprint density at radius 2 is 1.88 bits per heavy atom. The highest BCUT2D eigenvalue weighted by molar-refractivity contribution is 7.75. The van der Waals surface area contributed by atoms with E-state index >= 15 is 4.39 Å². The van der Waals surface area contributed by atoms with Crippen molar-refractivity contribution in [1.82, 2.24) is 4.57 Å². The highest BCUT2D eigenvalue weighted by Crippen LogP contribution is 2.49. The fraction of sp³-hybridized carbons (Fsp3) is 0.200. The molecule has 1 unspecified atom stereocenters. The van der Waals surface area contributed by atoms with Crippen molar-refractivity contribution in [3.05, 3.63) is 93.9 Å². The smallest absolute Gasteiger partial charge is 0.355 e. The van der Waals surface area contributed by atoms with Gasteiger partial charge >= 0.3 is 5.97 Å². The van der Waals surface area contributed by atoms with E-state index < -0.39 is 19.2 Å². The summed E-state index contributed by atoms with van der Waals surface area (Å²) in [5, 5.41) is 8.79. The van der Waals surface area contributed by atoms with E-state index in [-0.39, 0.29) is 39.9 Å². The standard InChI is InChI=1S/C30H27ClFN2O5P/c1-5-39-30(35)28-29(40(36,38-4)23-16-19(2)15-21(17-23)7-6-14-33)26-25(13-12-24(31)27(26)32)34(28)18-20-8-10-22(37-3)11-9-20/h6-13,15-17H,5,18H2,1-4H3/b7-6+. The van der Waals surface area contributed by atoms with E-state index in [1.54, 1.807) is 68.0 Å². The molecule has 0 saturated carbocycles. The van der Waals surface area contributed by atoms with Gasteiger partial charge in [0.25, 0.3) is 7.37 Å². The van der Waals surface area contributed by atoms with Gasteiger partial charge in [0.1, 0.15) is 11.4 Å². The van der Waals surface area contributed by atoms with E-state index in [1.807, 2.05) is 18.2 Å². The number of hydrogen-bond acceptors (Lipinski definition) is 6. The SMILES string of the molecule is CCOC(=O)c1c(P(=O)(OC)c2cc(C)cc(/C=C/C#N)c2)c2c(F)c(Cl)ccc2n1Cc1ccc(OC)cc1. The highest BCUT2D eigenvalue weighted by atomic mass is 35.5. The van der Waals surface area contributed by atoms with E-state index in [9.17, 15) is 9.36 Å². The molecule has 0 N–H and O–H groups in total. The predicted molar refractivity (Wildman–Crippen MR) is 155 cm³/mol. The molecule has 0 spiro atoms. The van der Waals surface area contributed by atoms with Crippen LogP contribution in [0.1, 0.15) is 34.1 Å². The normalized spacial score (nSPS) is 12.8. The molecule has 206 valence electrons. The lowest BCUT2D eigenvalue weighted by Gasteiger charge is -2.20. The summed E-state index contributed by atoms with van der Waals surface area (Å²) in [5.74, 6) is -0.968. The van der Waals surface area contributed by atoms with Crippen LogP contribution in [0.25, 0.3) is 17.0 Å². The monoisotopic (exact) mass is 580 g/mol. The summed E-state index contributed by atoms with van der Waals surface area (Å²) in [4.78, 5) is 13.6. The lowest BCUT2D eigenvalue weighted by atomic mass is 10.1. The Hall–Kier alpha value is -3.89. The maximum absolute atomic E-state index is 15.9. The molecule has 7 nitrogen and oxygen atoms in total. The van der Waals surface area contributed by atoms with Crippen molar-refractivity contribution in [1.29, 1.82) is 5.26 Å². The Kier molecular flexibility index (Phi) is 8.80. The fourth-order valence-electron chi connectivity index (χ4n) is 4.65. The molecule has 1 aromatic heterocycles. The van der Waals surface area contributed by atoms with Crippen LogP contribution in [0.5, 0.6) is 5.75 Å². The molecule has 0 aliphatic rings. The summed E-state index contributed by atoms with van der Waals surface area (Å²) >= 11 is 6.22. The van der Waals surface area contributed by atoms with Gasteiger partial charge in [0, 0.05) is 25.0 Å². The number of esters is 1. The van der Waals surface area contributed by atoms with Gasteiger partial charge in [-0.3, -0.25) is 4.57 Å². The van der Waals surface area contributed by atoms with Crippen molar-refractivity contribution in [3.63, 3.8) is 0 Å². The van der Waals surface area contributed by atoms with Crippen LogP contribution < -0.4 is 15.3 Å². The van der Waals surface area contributed by atoms with Gasteiger partial charge in [-0.2, -0.15) is 5.26 Å². The number of rotatable bonds is 9. The molecule has 0 aliphatic carbocycles. The fourth-order valence-corrected chi connectivity index (χ4v) is 7.15. The topological polar surface area (TPSA) is 90.6 Å².